The van der Waals surface area contributed by atoms with Crippen LogP contribution in [0.1, 0.15) is 13.8 Å². The average molecular weight is 157 g/mol. The van der Waals surface area contributed by atoms with E-state index >= 15 is 0 Å². The molecule has 0 bridgehead atoms. The van der Waals surface area contributed by atoms with E-state index in [0.29, 0.717) is 0 Å². The molecule has 0 aliphatic rings. The topological polar surface area (TPSA) is 75.3 Å². The standard InChI is InChI=1S/C2H8N2.C2H4O2.ClH/c1-2-4-3;1-2(3)4;/h4H,2-3H2,1H3;1H3,(H,3,4);1H. The zero-order chi connectivity index (χ0) is 6.99. The fourth-order valence-electron chi connectivity index (χ4n) is 0. The first-order chi connectivity index (χ1) is 3.65. The van der Waals surface area contributed by atoms with E-state index < -0.39 is 5.97 Å². The van der Waals surface area contributed by atoms with Crippen molar-refractivity contribution in [2.24, 2.45) is 5.84 Å². The fraction of sp³-hybridized carbons (Fsp3) is 0.750. The van der Waals surface area contributed by atoms with Gasteiger partial charge in [-0.15, -0.1) is 12.4 Å². The Labute approximate surface area is 60.8 Å². The van der Waals surface area contributed by atoms with E-state index in [2.05, 4.69) is 5.43 Å². The Kier molecular flexibility index (Phi) is 27.6. The minimum absolute atomic E-state index is 0. The van der Waals surface area contributed by atoms with Gasteiger partial charge < -0.3 is 5.11 Å². The predicted octanol–water partition coefficient (Wildman–Crippen LogP) is -0.0177. The number of hydrogen-bond donors (Lipinski definition) is 3. The van der Waals surface area contributed by atoms with E-state index in [1.807, 2.05) is 6.92 Å². The molecule has 4 nitrogen and oxygen atoms in total. The van der Waals surface area contributed by atoms with Gasteiger partial charge in [0.05, 0.1) is 0 Å². The molecule has 0 aromatic rings. The van der Waals surface area contributed by atoms with E-state index in [1.165, 1.54) is 0 Å². The van der Waals surface area contributed by atoms with Crippen LogP contribution in [-0.4, -0.2) is 17.6 Å². The number of carboxylic acids is 1. The second-order valence-corrected chi connectivity index (χ2v) is 1.08. The lowest BCUT2D eigenvalue weighted by molar-refractivity contribution is -0.134. The third-order valence-electron chi connectivity index (χ3n) is 0.204. The average Bonchev–Trinajstić information content (AvgIpc) is 1.65. The molecule has 0 saturated carbocycles. The lowest BCUT2D eigenvalue weighted by atomic mass is 10.8. The summed E-state index contributed by atoms with van der Waals surface area (Å²) in [6.07, 6.45) is 0. The quantitative estimate of drug-likeness (QED) is 0.369. The van der Waals surface area contributed by atoms with Crippen molar-refractivity contribution in [3.8, 4) is 0 Å². The van der Waals surface area contributed by atoms with Crippen molar-refractivity contribution in [2.75, 3.05) is 6.54 Å². The smallest absolute Gasteiger partial charge is 0.300 e. The van der Waals surface area contributed by atoms with Crippen molar-refractivity contribution in [1.82, 2.24) is 5.43 Å². The van der Waals surface area contributed by atoms with Crippen LogP contribution < -0.4 is 11.3 Å². The van der Waals surface area contributed by atoms with E-state index in [-0.39, 0.29) is 12.4 Å². The molecule has 0 heterocycles. The molecular formula is C4H13ClN2O2. The second kappa shape index (κ2) is 15.6. The monoisotopic (exact) mass is 156 g/mol. The molecule has 0 atom stereocenters. The fourth-order valence-corrected chi connectivity index (χ4v) is 0. The first kappa shape index (κ1) is 15.9. The molecular weight excluding hydrogens is 144 g/mol. The molecule has 9 heavy (non-hydrogen) atoms. The summed E-state index contributed by atoms with van der Waals surface area (Å²) >= 11 is 0. The molecule has 0 radical (unpaired) electrons. The minimum Gasteiger partial charge on any atom is -0.481 e. The zero-order valence-electron chi connectivity index (χ0n) is 5.55. The summed E-state index contributed by atoms with van der Waals surface area (Å²) in [5.41, 5.74) is 2.43. The summed E-state index contributed by atoms with van der Waals surface area (Å²) in [7, 11) is 0. The van der Waals surface area contributed by atoms with Crippen LogP contribution in [0.15, 0.2) is 0 Å². The molecule has 0 rings (SSSR count). The maximum Gasteiger partial charge on any atom is 0.300 e. The van der Waals surface area contributed by atoms with Crippen molar-refractivity contribution >= 4 is 18.4 Å². The van der Waals surface area contributed by atoms with Crippen LogP contribution >= 0.6 is 12.4 Å². The highest BCUT2D eigenvalue weighted by Gasteiger charge is 1.65. The number of rotatable bonds is 1. The maximum atomic E-state index is 9.00. The first-order valence-corrected chi connectivity index (χ1v) is 2.28. The van der Waals surface area contributed by atoms with Crippen molar-refractivity contribution in [2.45, 2.75) is 13.8 Å². The summed E-state index contributed by atoms with van der Waals surface area (Å²) in [4.78, 5) is 9.00. The molecule has 0 aromatic carbocycles. The molecule has 58 valence electrons. The highest BCUT2D eigenvalue weighted by atomic mass is 35.5. The van der Waals surface area contributed by atoms with Crippen LogP contribution in [0, 0.1) is 0 Å². The zero-order valence-corrected chi connectivity index (χ0v) is 6.36. The van der Waals surface area contributed by atoms with Crippen molar-refractivity contribution in [3.05, 3.63) is 0 Å². The van der Waals surface area contributed by atoms with Crippen LogP contribution in [0.5, 0.6) is 0 Å². The Morgan fingerprint density at radius 3 is 1.89 bits per heavy atom. The Morgan fingerprint density at radius 2 is 1.89 bits per heavy atom. The highest BCUT2D eigenvalue weighted by Crippen LogP contribution is 1.42. The van der Waals surface area contributed by atoms with Crippen molar-refractivity contribution in [3.63, 3.8) is 0 Å². The Balaban J connectivity index is -0.0000000720. The Hall–Kier alpha value is -0.320. The predicted molar refractivity (Wildman–Crippen MR) is 38.4 cm³/mol. The van der Waals surface area contributed by atoms with Crippen molar-refractivity contribution < 1.29 is 9.90 Å². The van der Waals surface area contributed by atoms with Gasteiger partial charge in [0, 0.05) is 13.5 Å². The van der Waals surface area contributed by atoms with E-state index in [1.54, 1.807) is 0 Å². The molecule has 0 unspecified atom stereocenters. The van der Waals surface area contributed by atoms with Gasteiger partial charge in [-0.1, -0.05) is 6.92 Å². The number of nitrogens with one attached hydrogen (secondary N) is 1. The summed E-state index contributed by atoms with van der Waals surface area (Å²) in [5.74, 6) is 3.94. The van der Waals surface area contributed by atoms with Gasteiger partial charge in [0.1, 0.15) is 0 Å². The highest BCUT2D eigenvalue weighted by molar-refractivity contribution is 5.85. The van der Waals surface area contributed by atoms with Gasteiger partial charge in [0.15, 0.2) is 0 Å². The summed E-state index contributed by atoms with van der Waals surface area (Å²) in [6, 6.07) is 0. The molecule has 0 aliphatic carbocycles. The van der Waals surface area contributed by atoms with Gasteiger partial charge >= 0.3 is 0 Å². The van der Waals surface area contributed by atoms with Gasteiger partial charge in [-0.25, -0.2) is 0 Å². The number of nitrogens with two attached hydrogens (primary N) is 1. The van der Waals surface area contributed by atoms with E-state index in [0.717, 1.165) is 13.5 Å². The third kappa shape index (κ3) is 536. The molecule has 0 aromatic heterocycles. The molecule has 0 saturated heterocycles. The van der Waals surface area contributed by atoms with Gasteiger partial charge in [0.2, 0.25) is 0 Å². The second-order valence-electron chi connectivity index (χ2n) is 1.08. The summed E-state index contributed by atoms with van der Waals surface area (Å²) < 4.78 is 0. The van der Waals surface area contributed by atoms with Crippen LogP contribution in [0.2, 0.25) is 0 Å². The largest absolute Gasteiger partial charge is 0.481 e. The number of hydrogen-bond acceptors (Lipinski definition) is 3. The minimum atomic E-state index is -0.833. The molecule has 5 heteroatoms. The van der Waals surface area contributed by atoms with E-state index in [4.69, 9.17) is 15.7 Å². The van der Waals surface area contributed by atoms with Crippen LogP contribution in [0.4, 0.5) is 0 Å². The number of carboxylic acid groups (broad SMARTS) is 1. The number of carbonyl (C=O) groups is 1. The lowest BCUT2D eigenvalue weighted by Crippen LogP contribution is -2.20. The Morgan fingerprint density at radius 1 is 1.78 bits per heavy atom. The van der Waals surface area contributed by atoms with Gasteiger partial charge in [-0.05, 0) is 0 Å². The maximum absolute atomic E-state index is 9.00. The lowest BCUT2D eigenvalue weighted by Gasteiger charge is -1.77. The van der Waals surface area contributed by atoms with Crippen LogP contribution in [-0.2, 0) is 4.79 Å². The first-order valence-electron chi connectivity index (χ1n) is 2.28. The number of hydrazine groups is 1. The van der Waals surface area contributed by atoms with E-state index in [9.17, 15) is 0 Å². The molecule has 0 aliphatic heterocycles. The molecule has 0 amide bonds. The third-order valence-corrected chi connectivity index (χ3v) is 0.204. The normalized spacial score (nSPS) is 6.11. The summed E-state index contributed by atoms with van der Waals surface area (Å²) in [6.45, 7) is 3.88. The molecule has 4 N–H and O–H groups in total. The van der Waals surface area contributed by atoms with Gasteiger partial charge in [0.25, 0.3) is 5.97 Å². The molecule has 0 fully saturated rings. The SMILES string of the molecule is CC(=O)O.CCNN.Cl. The Bertz CT molecular complexity index is 54.5. The number of halogens is 1. The van der Waals surface area contributed by atoms with Gasteiger partial charge in [-0.3, -0.25) is 16.1 Å². The summed E-state index contributed by atoms with van der Waals surface area (Å²) in [5, 5.41) is 7.42. The van der Waals surface area contributed by atoms with Gasteiger partial charge in [-0.2, -0.15) is 0 Å². The number of aliphatic carboxylic acids is 1. The van der Waals surface area contributed by atoms with Crippen LogP contribution in [0.3, 0.4) is 0 Å². The van der Waals surface area contributed by atoms with Crippen LogP contribution in [0.25, 0.3) is 0 Å². The molecule has 0 spiro atoms. The van der Waals surface area contributed by atoms with Crippen molar-refractivity contribution in [1.29, 1.82) is 0 Å².